The fourth-order valence-corrected chi connectivity index (χ4v) is 11.0. The lowest BCUT2D eigenvalue weighted by Gasteiger charge is -2.60. The number of nitrogens with zero attached hydrogens (tertiary/aromatic N) is 2. The van der Waals surface area contributed by atoms with Crippen LogP contribution in [-0.4, -0.2) is 84.3 Å². The summed E-state index contributed by atoms with van der Waals surface area (Å²) in [7, 11) is 0. The summed E-state index contributed by atoms with van der Waals surface area (Å²) in [5.41, 5.74) is 3.64. The van der Waals surface area contributed by atoms with Crippen molar-refractivity contribution in [3.63, 3.8) is 0 Å². The highest BCUT2D eigenvalue weighted by atomic mass is 32.2. The molecule has 9 rings (SSSR count). The van der Waals surface area contributed by atoms with Crippen LogP contribution in [-0.2, 0) is 25.7 Å². The van der Waals surface area contributed by atoms with Crippen molar-refractivity contribution < 1.29 is 48.3 Å². The molecule has 1 amide bonds. The number of hydrogen-bond donors (Lipinski definition) is 2. The molecule has 6 aliphatic rings. The summed E-state index contributed by atoms with van der Waals surface area (Å²) in [5.74, 6) is 1.54. The van der Waals surface area contributed by atoms with Gasteiger partial charge in [0.1, 0.15) is 23.3 Å². The van der Waals surface area contributed by atoms with Crippen LogP contribution in [0, 0.1) is 23.7 Å². The summed E-state index contributed by atoms with van der Waals surface area (Å²) < 4.78 is 38.8. The molecule has 3 aliphatic carbocycles. The zero-order valence-corrected chi connectivity index (χ0v) is 37.7. The van der Waals surface area contributed by atoms with Crippen molar-refractivity contribution in [2.45, 2.75) is 113 Å². The van der Waals surface area contributed by atoms with E-state index >= 15 is 4.79 Å². The maximum Gasteiger partial charge on any atom is 0.239 e. The first-order chi connectivity index (χ1) is 31.4. The van der Waals surface area contributed by atoms with Gasteiger partial charge in [-0.25, -0.2) is 0 Å². The number of unbranched alkanes of at least 4 members (excludes halogenated alkanes) is 2. The van der Waals surface area contributed by atoms with E-state index in [1.807, 2.05) is 47.4 Å². The van der Waals surface area contributed by atoms with Gasteiger partial charge < -0.3 is 48.4 Å². The Labute approximate surface area is 380 Å². The number of thioether (sulfide) groups is 1. The summed E-state index contributed by atoms with van der Waals surface area (Å²) in [5, 5.41) is 25.1. The molecule has 3 fully saturated rings. The Hall–Kier alpha value is -4.53. The van der Waals surface area contributed by atoms with Crippen molar-refractivity contribution in [1.29, 1.82) is 0 Å². The summed E-state index contributed by atoms with van der Waals surface area (Å²) in [6.07, 6.45) is 15.1. The van der Waals surface area contributed by atoms with Gasteiger partial charge in [0.15, 0.2) is 11.5 Å². The standard InChI is InChI=1S/C51H62N2O10S/c1-3-25-60-51-46(53(50(56)34-14-15-34)31-33-13-21-44-45(27-33)59-32-58-44)30-42(52-63-47-12-6-9-26-57-47)40-28-35(10-4-7-23-54)39(11-5-8-24-55)48(49(40)51)41-29-37(18-22-43(41)62-51)61-36-16-19-38(64-2)20-17-36/h3,13,16-22,27-29,34-35,39,46-49,54-55H,1,4-12,14-15,23-26,30-32H2,2H3/t35-,39+,46-,47?,48+,49+,51+/m0/s1. The van der Waals surface area contributed by atoms with E-state index in [0.29, 0.717) is 48.9 Å². The number of aliphatic hydroxyl groups excluding tert-OH is 2. The zero-order chi connectivity index (χ0) is 44.0. The molecule has 1 unspecified atom stereocenters. The number of fused-ring (bicyclic) bond motifs is 3. The first kappa shape index (κ1) is 44.7. The SMILES string of the molecule is C=CCO[C@@]12Oc3ccc(Oc4ccc(SC)cc4)cc3[C@H]3[C@H](CCCCO)[C@@H](CCCCO)C=C(C(=NOC4CCCCO4)C[C@@H]1N(Cc1ccc4c(c1)OCO4)C(=O)C1CC1)[C@H]32. The van der Waals surface area contributed by atoms with Crippen LogP contribution < -0.4 is 18.9 Å². The van der Waals surface area contributed by atoms with Gasteiger partial charge in [0.05, 0.1) is 24.8 Å². The van der Waals surface area contributed by atoms with Crippen LogP contribution in [0.3, 0.4) is 0 Å². The Kier molecular flexibility index (Phi) is 14.2. The molecular weight excluding hydrogens is 833 g/mol. The van der Waals surface area contributed by atoms with E-state index in [2.05, 4.69) is 37.1 Å². The average molecular weight is 895 g/mol. The minimum atomic E-state index is -1.37. The van der Waals surface area contributed by atoms with Gasteiger partial charge in [-0.1, -0.05) is 36.2 Å². The molecular formula is C51H62N2O10S. The Balaban J connectivity index is 1.22. The number of allylic oxidation sites excluding steroid dienone is 1. The second-order valence-electron chi connectivity index (χ2n) is 17.9. The summed E-state index contributed by atoms with van der Waals surface area (Å²) in [4.78, 5) is 24.5. The molecule has 3 heterocycles. The van der Waals surface area contributed by atoms with Gasteiger partial charge in [0, 0.05) is 54.9 Å². The van der Waals surface area contributed by atoms with Crippen LogP contribution in [0.15, 0.2) is 95.0 Å². The normalized spacial score (nSPS) is 27.2. The summed E-state index contributed by atoms with van der Waals surface area (Å²) >= 11 is 1.68. The third-order valence-corrected chi connectivity index (χ3v) is 14.5. The maximum absolute atomic E-state index is 15.0. The largest absolute Gasteiger partial charge is 0.459 e. The van der Waals surface area contributed by atoms with Crippen LogP contribution in [0.25, 0.3) is 0 Å². The van der Waals surface area contributed by atoms with Gasteiger partial charge in [-0.2, -0.15) is 0 Å². The molecule has 12 nitrogen and oxygen atoms in total. The lowest BCUT2D eigenvalue weighted by molar-refractivity contribution is -0.258. The van der Waals surface area contributed by atoms with E-state index in [-0.39, 0.29) is 62.7 Å². The highest BCUT2D eigenvalue weighted by Gasteiger charge is 2.66. The Morgan fingerprint density at radius 3 is 2.47 bits per heavy atom. The number of ether oxygens (including phenoxy) is 6. The average Bonchev–Trinajstić information content (AvgIpc) is 4.08. The van der Waals surface area contributed by atoms with E-state index in [1.165, 1.54) is 0 Å². The zero-order valence-electron chi connectivity index (χ0n) is 36.9. The van der Waals surface area contributed by atoms with Crippen molar-refractivity contribution >= 4 is 23.4 Å². The number of benzene rings is 3. The molecule has 2 saturated carbocycles. The Morgan fingerprint density at radius 1 is 0.938 bits per heavy atom. The van der Waals surface area contributed by atoms with Crippen molar-refractivity contribution in [3.8, 4) is 28.7 Å². The number of carbonyl (C=O) groups is 1. The van der Waals surface area contributed by atoms with Crippen LogP contribution in [0.1, 0.15) is 94.1 Å². The van der Waals surface area contributed by atoms with E-state index < -0.39 is 24.0 Å². The quantitative estimate of drug-likeness (QED) is 0.0486. The molecule has 7 atom stereocenters. The van der Waals surface area contributed by atoms with Gasteiger partial charge in [-0.05, 0) is 135 Å². The molecule has 3 aromatic rings. The molecule has 0 radical (unpaired) electrons. The second kappa shape index (κ2) is 20.3. The highest BCUT2D eigenvalue weighted by Crippen LogP contribution is 2.62. The molecule has 0 aromatic heterocycles. The smallest absolute Gasteiger partial charge is 0.239 e. The number of amides is 1. The van der Waals surface area contributed by atoms with E-state index in [9.17, 15) is 10.2 Å². The van der Waals surface area contributed by atoms with Gasteiger partial charge >= 0.3 is 0 Å². The number of oxime groups is 1. The fourth-order valence-electron chi connectivity index (χ4n) is 10.6. The summed E-state index contributed by atoms with van der Waals surface area (Å²) in [6, 6.07) is 19.4. The number of hydrogen-bond acceptors (Lipinski definition) is 12. The second-order valence-corrected chi connectivity index (χ2v) is 18.8. The number of rotatable bonds is 20. The maximum atomic E-state index is 15.0. The monoisotopic (exact) mass is 894 g/mol. The van der Waals surface area contributed by atoms with Crippen molar-refractivity contribution in [1.82, 2.24) is 4.90 Å². The Morgan fingerprint density at radius 2 is 1.72 bits per heavy atom. The first-order valence-corrected chi connectivity index (χ1v) is 24.5. The lowest BCUT2D eigenvalue weighted by Crippen LogP contribution is -2.70. The van der Waals surface area contributed by atoms with Crippen molar-refractivity contribution in [2.24, 2.45) is 28.8 Å². The van der Waals surface area contributed by atoms with Crippen LogP contribution >= 0.6 is 11.8 Å². The third kappa shape index (κ3) is 9.42. The highest BCUT2D eigenvalue weighted by molar-refractivity contribution is 7.98. The van der Waals surface area contributed by atoms with E-state index in [1.54, 1.807) is 17.8 Å². The van der Waals surface area contributed by atoms with E-state index in [0.717, 1.165) is 90.8 Å². The van der Waals surface area contributed by atoms with Crippen molar-refractivity contribution in [2.75, 3.05) is 39.5 Å². The van der Waals surface area contributed by atoms with E-state index in [4.69, 9.17) is 38.4 Å². The minimum absolute atomic E-state index is 0.0481. The molecule has 3 aromatic carbocycles. The molecule has 64 heavy (non-hydrogen) atoms. The van der Waals surface area contributed by atoms with Crippen LogP contribution in [0.5, 0.6) is 28.7 Å². The van der Waals surface area contributed by atoms with Crippen LogP contribution in [0.2, 0.25) is 0 Å². The number of aliphatic hydroxyl groups is 2. The minimum Gasteiger partial charge on any atom is -0.459 e. The molecule has 3 aliphatic heterocycles. The predicted molar refractivity (Wildman–Crippen MR) is 244 cm³/mol. The molecule has 0 spiro atoms. The third-order valence-electron chi connectivity index (χ3n) is 13.7. The summed E-state index contributed by atoms with van der Waals surface area (Å²) in [6.45, 7) is 5.55. The lowest BCUT2D eigenvalue weighted by atomic mass is 9.55. The van der Waals surface area contributed by atoms with Crippen molar-refractivity contribution in [3.05, 3.63) is 96.1 Å². The topological polar surface area (TPSA) is 138 Å². The van der Waals surface area contributed by atoms with Gasteiger partial charge in [0.25, 0.3) is 0 Å². The molecule has 342 valence electrons. The molecule has 0 bridgehead atoms. The molecule has 2 N–H and O–H groups in total. The fraction of sp³-hybridized carbons (Fsp3) is 0.529. The van der Waals surface area contributed by atoms with Gasteiger partial charge in [0.2, 0.25) is 24.8 Å². The van der Waals surface area contributed by atoms with Crippen LogP contribution in [0.4, 0.5) is 0 Å². The van der Waals surface area contributed by atoms with Gasteiger partial charge in [-0.3, -0.25) is 4.79 Å². The predicted octanol–water partition coefficient (Wildman–Crippen LogP) is 9.53. The van der Waals surface area contributed by atoms with Gasteiger partial charge in [-0.15, -0.1) is 18.3 Å². The number of carbonyl (C=O) groups excluding carboxylic acids is 1. The molecule has 13 heteroatoms. The Bertz CT molecular complexity index is 2170. The first-order valence-electron chi connectivity index (χ1n) is 23.3. The molecule has 1 saturated heterocycles.